The van der Waals surface area contributed by atoms with Crippen LogP contribution >= 0.6 is 0 Å². The number of ether oxygens (including phenoxy) is 2. The molecule has 0 radical (unpaired) electrons. The van der Waals surface area contributed by atoms with Crippen molar-refractivity contribution in [1.29, 1.82) is 0 Å². The molecule has 0 spiro atoms. The van der Waals surface area contributed by atoms with Crippen LogP contribution in [0.25, 0.3) is 0 Å². The van der Waals surface area contributed by atoms with E-state index in [1.165, 1.54) is 30.3 Å². The first-order valence-electron chi connectivity index (χ1n) is 10.9. The normalized spacial score (nSPS) is 16.3. The number of nitro benzene ring substituents is 2. The van der Waals surface area contributed by atoms with Crippen LogP contribution in [0.5, 0.6) is 5.75 Å². The van der Waals surface area contributed by atoms with Gasteiger partial charge in [0, 0.05) is 63.2 Å². The number of carbonyl (C=O) groups excluding carboxylic acids is 1. The molecule has 2 fully saturated rings. The molecule has 2 aliphatic rings. The summed E-state index contributed by atoms with van der Waals surface area (Å²) in [6, 6.07) is 10.7. The van der Waals surface area contributed by atoms with E-state index in [-0.39, 0.29) is 28.8 Å². The standard InChI is InChI=1S/C22H25N5O7/c28-22(16-34-19-4-1-17(2-5-19)26(29)30)25-9-7-23(8-10-25)18-3-6-20(27(31)32)21(15-18)24-11-13-33-14-12-24/h1-6,15H,7-14,16H2. The highest BCUT2D eigenvalue weighted by Gasteiger charge is 2.26. The van der Waals surface area contributed by atoms with Crippen molar-refractivity contribution in [2.45, 2.75) is 0 Å². The second-order valence-corrected chi connectivity index (χ2v) is 7.94. The highest BCUT2D eigenvalue weighted by molar-refractivity contribution is 5.78. The molecular formula is C22H25N5O7. The number of morpholine rings is 1. The highest BCUT2D eigenvalue weighted by atomic mass is 16.6. The lowest BCUT2D eigenvalue weighted by atomic mass is 10.1. The minimum absolute atomic E-state index is 0.0437. The van der Waals surface area contributed by atoms with Gasteiger partial charge in [-0.25, -0.2) is 0 Å². The van der Waals surface area contributed by atoms with Gasteiger partial charge in [0.15, 0.2) is 6.61 Å². The maximum Gasteiger partial charge on any atom is 0.292 e. The number of hydrogen-bond acceptors (Lipinski definition) is 9. The van der Waals surface area contributed by atoms with Crippen LogP contribution in [0.15, 0.2) is 42.5 Å². The molecule has 180 valence electrons. The smallest absolute Gasteiger partial charge is 0.292 e. The average molecular weight is 471 g/mol. The van der Waals surface area contributed by atoms with Crippen LogP contribution in [0.2, 0.25) is 0 Å². The molecule has 0 aliphatic carbocycles. The molecule has 1 amide bonds. The lowest BCUT2D eigenvalue weighted by molar-refractivity contribution is -0.384. The summed E-state index contributed by atoms with van der Waals surface area (Å²) in [4.78, 5) is 39.7. The lowest BCUT2D eigenvalue weighted by Crippen LogP contribution is -2.50. The van der Waals surface area contributed by atoms with E-state index in [0.717, 1.165) is 5.69 Å². The van der Waals surface area contributed by atoms with Crippen molar-refractivity contribution in [1.82, 2.24) is 4.90 Å². The van der Waals surface area contributed by atoms with Crippen LogP contribution in [-0.2, 0) is 9.53 Å². The van der Waals surface area contributed by atoms with E-state index >= 15 is 0 Å². The van der Waals surface area contributed by atoms with Crippen molar-refractivity contribution in [3.05, 3.63) is 62.7 Å². The van der Waals surface area contributed by atoms with Gasteiger partial charge in [0.05, 0.1) is 23.1 Å². The van der Waals surface area contributed by atoms with Crippen molar-refractivity contribution in [3.63, 3.8) is 0 Å². The Balaban J connectivity index is 1.34. The second-order valence-electron chi connectivity index (χ2n) is 7.94. The zero-order valence-electron chi connectivity index (χ0n) is 18.5. The summed E-state index contributed by atoms with van der Waals surface area (Å²) in [5.74, 6) is 0.217. The van der Waals surface area contributed by atoms with E-state index in [0.29, 0.717) is 63.9 Å². The topological polar surface area (TPSA) is 132 Å². The zero-order valence-corrected chi connectivity index (χ0v) is 18.5. The van der Waals surface area contributed by atoms with E-state index in [1.54, 1.807) is 11.0 Å². The summed E-state index contributed by atoms with van der Waals surface area (Å²) in [5.41, 5.74) is 1.49. The van der Waals surface area contributed by atoms with Gasteiger partial charge in [-0.2, -0.15) is 0 Å². The molecule has 0 saturated carbocycles. The molecular weight excluding hydrogens is 446 g/mol. The SMILES string of the molecule is O=C(COc1ccc([N+](=O)[O-])cc1)N1CCN(c2ccc([N+](=O)[O-])c(N3CCOCC3)c2)CC1. The molecule has 2 heterocycles. The van der Waals surface area contributed by atoms with Gasteiger partial charge < -0.3 is 24.2 Å². The fourth-order valence-corrected chi connectivity index (χ4v) is 4.03. The number of amides is 1. The summed E-state index contributed by atoms with van der Waals surface area (Å²) in [6.45, 7) is 4.26. The number of carbonyl (C=O) groups is 1. The molecule has 34 heavy (non-hydrogen) atoms. The van der Waals surface area contributed by atoms with Gasteiger partial charge in [0.25, 0.3) is 17.3 Å². The van der Waals surface area contributed by atoms with Gasteiger partial charge in [-0.3, -0.25) is 25.0 Å². The first-order chi connectivity index (χ1) is 16.4. The first-order valence-corrected chi connectivity index (χ1v) is 10.9. The largest absolute Gasteiger partial charge is 0.484 e. The van der Waals surface area contributed by atoms with Gasteiger partial charge in [-0.15, -0.1) is 0 Å². The molecule has 2 aromatic carbocycles. The van der Waals surface area contributed by atoms with Gasteiger partial charge in [0.1, 0.15) is 11.4 Å². The van der Waals surface area contributed by atoms with E-state index in [1.807, 2.05) is 11.0 Å². The number of benzene rings is 2. The quantitative estimate of drug-likeness (QED) is 0.440. The monoisotopic (exact) mass is 471 g/mol. The number of anilines is 2. The number of non-ortho nitro benzene ring substituents is 1. The van der Waals surface area contributed by atoms with Crippen LogP contribution in [0, 0.1) is 20.2 Å². The molecule has 0 bridgehead atoms. The molecule has 12 heteroatoms. The van der Waals surface area contributed by atoms with E-state index < -0.39 is 4.92 Å². The van der Waals surface area contributed by atoms with Gasteiger partial charge in [-0.1, -0.05) is 0 Å². The molecule has 0 aromatic heterocycles. The van der Waals surface area contributed by atoms with E-state index in [9.17, 15) is 25.0 Å². The van der Waals surface area contributed by atoms with Crippen LogP contribution in [0.1, 0.15) is 0 Å². The molecule has 0 N–H and O–H groups in total. The summed E-state index contributed by atoms with van der Waals surface area (Å²) in [5, 5.41) is 22.3. The Hall–Kier alpha value is -3.93. The third-order valence-electron chi connectivity index (χ3n) is 5.91. The summed E-state index contributed by atoms with van der Waals surface area (Å²) in [7, 11) is 0. The fourth-order valence-electron chi connectivity index (χ4n) is 4.03. The Bertz CT molecular complexity index is 1050. The Morgan fingerprint density at radius 3 is 2.18 bits per heavy atom. The van der Waals surface area contributed by atoms with E-state index in [4.69, 9.17) is 9.47 Å². The number of nitrogens with zero attached hydrogens (tertiary/aromatic N) is 5. The average Bonchev–Trinajstić information content (AvgIpc) is 2.87. The summed E-state index contributed by atoms with van der Waals surface area (Å²) < 4.78 is 10.8. The summed E-state index contributed by atoms with van der Waals surface area (Å²) in [6.07, 6.45) is 0. The van der Waals surface area contributed by atoms with E-state index in [2.05, 4.69) is 4.90 Å². The minimum atomic E-state index is -0.497. The van der Waals surface area contributed by atoms with Crippen molar-refractivity contribution in [2.75, 3.05) is 68.9 Å². The molecule has 0 unspecified atom stereocenters. The minimum Gasteiger partial charge on any atom is -0.484 e. The number of rotatable bonds is 7. The fraction of sp³-hybridized carbons (Fsp3) is 0.409. The lowest BCUT2D eigenvalue weighted by Gasteiger charge is -2.36. The Labute approximate surface area is 195 Å². The number of piperazine rings is 1. The third kappa shape index (κ3) is 5.34. The van der Waals surface area contributed by atoms with Gasteiger partial charge in [0.2, 0.25) is 0 Å². The van der Waals surface area contributed by atoms with Gasteiger partial charge >= 0.3 is 0 Å². The van der Waals surface area contributed by atoms with Gasteiger partial charge in [-0.05, 0) is 24.3 Å². The zero-order chi connectivity index (χ0) is 24.1. The maximum atomic E-state index is 12.6. The second kappa shape index (κ2) is 10.3. The van der Waals surface area contributed by atoms with Crippen molar-refractivity contribution in [2.24, 2.45) is 0 Å². The van der Waals surface area contributed by atoms with Crippen molar-refractivity contribution in [3.8, 4) is 5.75 Å². The maximum absolute atomic E-state index is 12.6. The highest BCUT2D eigenvalue weighted by Crippen LogP contribution is 2.33. The molecule has 2 aliphatic heterocycles. The summed E-state index contributed by atoms with van der Waals surface area (Å²) >= 11 is 0. The van der Waals surface area contributed by atoms with Crippen molar-refractivity contribution < 1.29 is 24.1 Å². The van der Waals surface area contributed by atoms with Crippen LogP contribution in [0.3, 0.4) is 0 Å². The number of hydrogen-bond donors (Lipinski definition) is 0. The molecule has 12 nitrogen and oxygen atoms in total. The van der Waals surface area contributed by atoms with Crippen LogP contribution < -0.4 is 14.5 Å². The number of nitro groups is 2. The van der Waals surface area contributed by atoms with Crippen LogP contribution in [0.4, 0.5) is 22.7 Å². The third-order valence-corrected chi connectivity index (χ3v) is 5.91. The first kappa shape index (κ1) is 23.2. The molecule has 2 aromatic rings. The Morgan fingerprint density at radius 1 is 0.882 bits per heavy atom. The Morgan fingerprint density at radius 2 is 1.56 bits per heavy atom. The Kier molecular flexibility index (Phi) is 7.07. The predicted molar refractivity (Wildman–Crippen MR) is 124 cm³/mol. The molecule has 4 rings (SSSR count). The molecule has 2 saturated heterocycles. The van der Waals surface area contributed by atoms with Crippen LogP contribution in [-0.4, -0.2) is 79.7 Å². The predicted octanol–water partition coefficient (Wildman–Crippen LogP) is 2.07. The molecule has 0 atom stereocenters. The van der Waals surface area contributed by atoms with Crippen molar-refractivity contribution >= 4 is 28.7 Å².